The summed E-state index contributed by atoms with van der Waals surface area (Å²) in [6.45, 7) is 3.52. The van der Waals surface area contributed by atoms with Gasteiger partial charge in [0.2, 0.25) is 5.79 Å². The number of aliphatic hydroxyl groups excluding tert-OH is 4. The number of hydrogen-bond acceptors (Lipinski definition) is 8. The molecule has 8 heteroatoms. The van der Waals surface area contributed by atoms with Crippen LogP contribution in [0, 0.1) is 0 Å². The third-order valence-corrected chi connectivity index (χ3v) is 9.10. The lowest BCUT2D eigenvalue weighted by atomic mass is 9.99. The van der Waals surface area contributed by atoms with Crippen molar-refractivity contribution in [1.82, 2.24) is 0 Å². The SMILES string of the molecule is CCC[C@H](O)CCCCCCCC[C@H](O)[C@H]1CC[C@H]([C@H](O)CCCCCCCCCC[C@@H](O)CC2=C[C@](C)(O)OC2=O)O1. The van der Waals surface area contributed by atoms with Crippen molar-refractivity contribution in [2.45, 2.75) is 204 Å². The van der Waals surface area contributed by atoms with E-state index in [2.05, 4.69) is 6.92 Å². The van der Waals surface area contributed by atoms with Gasteiger partial charge in [-0.1, -0.05) is 103 Å². The van der Waals surface area contributed by atoms with Crippen LogP contribution in [0.15, 0.2) is 11.6 Å². The lowest BCUT2D eigenvalue weighted by Gasteiger charge is -2.22. The van der Waals surface area contributed by atoms with Crippen LogP contribution in [0.3, 0.4) is 0 Å². The fraction of sp³-hybridized carbons (Fsp3) is 0.914. The van der Waals surface area contributed by atoms with Crippen molar-refractivity contribution in [2.75, 3.05) is 0 Å². The molecule has 8 nitrogen and oxygen atoms in total. The van der Waals surface area contributed by atoms with Crippen molar-refractivity contribution in [3.05, 3.63) is 11.6 Å². The van der Waals surface area contributed by atoms with Gasteiger partial charge in [-0.2, -0.15) is 0 Å². The maximum Gasteiger partial charge on any atom is 0.336 e. The minimum absolute atomic E-state index is 0.130. The van der Waals surface area contributed by atoms with Gasteiger partial charge in [0.25, 0.3) is 0 Å². The second-order valence-electron chi connectivity index (χ2n) is 13.4. The monoisotopic (exact) mass is 612 g/mol. The number of carbonyl (C=O) groups is 1. The third-order valence-electron chi connectivity index (χ3n) is 9.10. The minimum atomic E-state index is -1.55. The predicted octanol–water partition coefficient (Wildman–Crippen LogP) is 6.38. The smallest absolute Gasteiger partial charge is 0.336 e. The van der Waals surface area contributed by atoms with Crippen molar-refractivity contribution < 1.29 is 39.8 Å². The Kier molecular flexibility index (Phi) is 19.2. The van der Waals surface area contributed by atoms with Gasteiger partial charge in [0.1, 0.15) is 0 Å². The van der Waals surface area contributed by atoms with E-state index in [0.29, 0.717) is 12.0 Å². The van der Waals surface area contributed by atoms with Gasteiger partial charge >= 0.3 is 5.97 Å². The highest BCUT2D eigenvalue weighted by Crippen LogP contribution is 2.29. The molecule has 2 heterocycles. The average Bonchev–Trinajstić information content (AvgIpc) is 3.54. The van der Waals surface area contributed by atoms with Gasteiger partial charge in [-0.05, 0) is 51.0 Å². The third kappa shape index (κ3) is 16.7. The van der Waals surface area contributed by atoms with Crippen molar-refractivity contribution in [3.8, 4) is 0 Å². The van der Waals surface area contributed by atoms with Gasteiger partial charge in [-0.3, -0.25) is 0 Å². The number of ether oxygens (including phenoxy) is 2. The predicted molar refractivity (Wildman–Crippen MR) is 169 cm³/mol. The first-order valence-corrected chi connectivity index (χ1v) is 17.7. The summed E-state index contributed by atoms with van der Waals surface area (Å²) in [6, 6.07) is 0. The lowest BCUT2D eigenvalue weighted by molar-refractivity contribution is -0.173. The van der Waals surface area contributed by atoms with Crippen LogP contribution in [0.2, 0.25) is 0 Å². The molecule has 0 saturated carbocycles. The Labute approximate surface area is 261 Å². The summed E-state index contributed by atoms with van der Waals surface area (Å²) in [5, 5.41) is 50.9. The van der Waals surface area contributed by atoms with E-state index in [0.717, 1.165) is 109 Å². The minimum Gasteiger partial charge on any atom is -0.426 e. The molecule has 0 aromatic carbocycles. The molecule has 5 N–H and O–H groups in total. The summed E-state index contributed by atoms with van der Waals surface area (Å²) in [6.07, 6.45) is 21.8. The number of carbonyl (C=O) groups excluding carboxylic acids is 1. The zero-order valence-electron chi connectivity index (χ0n) is 27.3. The molecule has 0 aromatic rings. The molecule has 1 saturated heterocycles. The number of rotatable bonds is 26. The molecular weight excluding hydrogens is 548 g/mol. The van der Waals surface area contributed by atoms with Crippen LogP contribution in [0.5, 0.6) is 0 Å². The molecule has 2 rings (SSSR count). The van der Waals surface area contributed by atoms with Crippen LogP contribution in [0.25, 0.3) is 0 Å². The molecule has 0 unspecified atom stereocenters. The first-order chi connectivity index (χ1) is 20.6. The van der Waals surface area contributed by atoms with Crippen molar-refractivity contribution in [2.24, 2.45) is 0 Å². The van der Waals surface area contributed by atoms with Gasteiger partial charge in [0.05, 0.1) is 36.6 Å². The lowest BCUT2D eigenvalue weighted by Crippen LogP contribution is -2.31. The first kappa shape index (κ1) is 38.2. The van der Waals surface area contributed by atoms with Crippen LogP contribution in [-0.2, 0) is 14.3 Å². The van der Waals surface area contributed by atoms with Crippen LogP contribution < -0.4 is 0 Å². The van der Waals surface area contributed by atoms with Crippen molar-refractivity contribution in [3.63, 3.8) is 0 Å². The van der Waals surface area contributed by atoms with E-state index >= 15 is 0 Å². The van der Waals surface area contributed by atoms with E-state index < -0.39 is 30.1 Å². The second kappa shape index (κ2) is 21.7. The summed E-state index contributed by atoms with van der Waals surface area (Å²) in [5.74, 6) is -2.10. The molecule has 2 aliphatic rings. The summed E-state index contributed by atoms with van der Waals surface area (Å²) in [4.78, 5) is 11.7. The molecule has 7 atom stereocenters. The molecule has 0 radical (unpaired) electrons. The molecule has 43 heavy (non-hydrogen) atoms. The first-order valence-electron chi connectivity index (χ1n) is 17.7. The highest BCUT2D eigenvalue weighted by atomic mass is 16.7. The number of hydrogen-bond donors (Lipinski definition) is 5. The van der Waals surface area contributed by atoms with E-state index in [1.165, 1.54) is 38.7 Å². The summed E-state index contributed by atoms with van der Waals surface area (Å²) >= 11 is 0. The Morgan fingerprint density at radius 2 is 1.12 bits per heavy atom. The zero-order chi connectivity index (χ0) is 31.5. The molecule has 0 amide bonds. The Hall–Kier alpha value is -1.03. The average molecular weight is 613 g/mol. The highest BCUT2D eigenvalue weighted by Gasteiger charge is 2.35. The Balaban J connectivity index is 1.38. The summed E-state index contributed by atoms with van der Waals surface area (Å²) in [5.41, 5.74) is 0.350. The van der Waals surface area contributed by atoms with Crippen LogP contribution in [-0.4, -0.2) is 73.9 Å². The molecule has 252 valence electrons. The van der Waals surface area contributed by atoms with E-state index in [4.69, 9.17) is 9.47 Å². The van der Waals surface area contributed by atoms with E-state index in [1.807, 2.05) is 0 Å². The van der Waals surface area contributed by atoms with Gasteiger partial charge in [-0.15, -0.1) is 0 Å². The van der Waals surface area contributed by atoms with Crippen LogP contribution in [0.4, 0.5) is 0 Å². The number of cyclic esters (lactones) is 1. The van der Waals surface area contributed by atoms with E-state index in [-0.39, 0.29) is 24.7 Å². The fourth-order valence-corrected chi connectivity index (χ4v) is 6.50. The van der Waals surface area contributed by atoms with E-state index in [1.54, 1.807) is 0 Å². The van der Waals surface area contributed by atoms with Gasteiger partial charge in [-0.25, -0.2) is 4.79 Å². The van der Waals surface area contributed by atoms with Crippen molar-refractivity contribution >= 4 is 5.97 Å². The van der Waals surface area contributed by atoms with Gasteiger partial charge in [0.15, 0.2) is 0 Å². The normalized spacial score (nSPS) is 25.0. The molecule has 0 bridgehead atoms. The van der Waals surface area contributed by atoms with Gasteiger partial charge in [0, 0.05) is 18.9 Å². The molecular formula is C35H64O8. The molecule has 0 aromatic heterocycles. The molecule has 2 aliphatic heterocycles. The number of aliphatic hydroxyl groups is 5. The standard InChI is InChI=1S/C35H64O8/c1-3-18-28(36)19-14-10-8-9-13-17-22-31(39)33-24-23-32(42-33)30(38)21-16-12-7-5-4-6-11-15-20-29(37)25-27-26-35(2,41)43-34(27)40/h26,28-33,36-39,41H,3-25H2,1-2H3/t28-,29+,30+,31-,32+,33+,35+/m0/s1. The second-order valence-corrected chi connectivity index (χ2v) is 13.4. The van der Waals surface area contributed by atoms with Crippen LogP contribution in [0.1, 0.15) is 162 Å². The number of unbranched alkanes of at least 4 members (excludes halogenated alkanes) is 12. The summed E-state index contributed by atoms with van der Waals surface area (Å²) < 4.78 is 10.9. The zero-order valence-corrected chi connectivity index (χ0v) is 27.3. The Morgan fingerprint density at radius 3 is 1.53 bits per heavy atom. The Bertz CT molecular complexity index is 769. The largest absolute Gasteiger partial charge is 0.426 e. The Morgan fingerprint density at radius 1 is 0.698 bits per heavy atom. The van der Waals surface area contributed by atoms with E-state index in [9.17, 15) is 30.3 Å². The molecule has 0 spiro atoms. The molecule has 1 fully saturated rings. The van der Waals surface area contributed by atoms with Gasteiger partial charge < -0.3 is 35.0 Å². The fourth-order valence-electron chi connectivity index (χ4n) is 6.50. The quantitative estimate of drug-likeness (QED) is 0.0561. The maximum atomic E-state index is 11.7. The highest BCUT2D eigenvalue weighted by molar-refractivity contribution is 5.91. The number of esters is 1. The van der Waals surface area contributed by atoms with Crippen LogP contribution >= 0.6 is 0 Å². The topological polar surface area (TPSA) is 137 Å². The molecule has 0 aliphatic carbocycles. The maximum absolute atomic E-state index is 11.7. The summed E-state index contributed by atoms with van der Waals surface area (Å²) in [7, 11) is 0. The van der Waals surface area contributed by atoms with Crippen molar-refractivity contribution in [1.29, 1.82) is 0 Å².